The van der Waals surface area contributed by atoms with Crippen molar-refractivity contribution in [3.63, 3.8) is 0 Å². The highest BCUT2D eigenvalue weighted by atomic mass is 19.1. The average molecular weight is 434 g/mol. The molecule has 0 amide bonds. The van der Waals surface area contributed by atoms with E-state index in [4.69, 9.17) is 0 Å². The summed E-state index contributed by atoms with van der Waals surface area (Å²) in [6.45, 7) is 5.32. The molecular formula is C27H28FNO3. The zero-order valence-corrected chi connectivity index (χ0v) is 18.5. The molecule has 4 nitrogen and oxygen atoms in total. The van der Waals surface area contributed by atoms with Gasteiger partial charge in [0.1, 0.15) is 11.4 Å². The van der Waals surface area contributed by atoms with Crippen molar-refractivity contribution in [2.45, 2.75) is 32.9 Å². The third-order valence-corrected chi connectivity index (χ3v) is 5.77. The molecule has 32 heavy (non-hydrogen) atoms. The molecule has 0 aliphatic heterocycles. The zero-order valence-electron chi connectivity index (χ0n) is 18.5. The summed E-state index contributed by atoms with van der Waals surface area (Å²) in [5.41, 5.74) is 5.55. The number of halogens is 1. The lowest BCUT2D eigenvalue weighted by Gasteiger charge is -2.24. The Bertz CT molecular complexity index is 1160. The molecule has 0 spiro atoms. The normalized spacial score (nSPS) is 13.3. The minimum absolute atomic E-state index is 0.260. The second kappa shape index (κ2) is 9.90. The lowest BCUT2D eigenvalue weighted by atomic mass is 9.95. The number of aliphatic hydroxyl groups excluding tert-OH is 1. The Labute approximate surface area is 188 Å². The molecule has 0 saturated carbocycles. The van der Waals surface area contributed by atoms with Gasteiger partial charge in [-0.2, -0.15) is 0 Å². The van der Waals surface area contributed by atoms with E-state index in [1.807, 2.05) is 68.5 Å². The van der Waals surface area contributed by atoms with Crippen LogP contribution in [-0.2, 0) is 11.3 Å². The third-order valence-electron chi connectivity index (χ3n) is 5.77. The maximum Gasteiger partial charge on any atom is 0.326 e. The number of aliphatic carboxylic acids is 1. The maximum absolute atomic E-state index is 13.7. The van der Waals surface area contributed by atoms with Gasteiger partial charge < -0.3 is 10.2 Å². The van der Waals surface area contributed by atoms with E-state index in [0.717, 1.165) is 38.9 Å². The average Bonchev–Trinajstić information content (AvgIpc) is 2.78. The van der Waals surface area contributed by atoms with Crippen LogP contribution >= 0.6 is 0 Å². The van der Waals surface area contributed by atoms with Crippen LogP contribution in [0.4, 0.5) is 4.39 Å². The fourth-order valence-corrected chi connectivity index (χ4v) is 3.46. The molecule has 5 heteroatoms. The predicted octanol–water partition coefficient (Wildman–Crippen LogP) is 5.21. The molecule has 0 fully saturated rings. The highest BCUT2D eigenvalue weighted by molar-refractivity contribution is 5.79. The predicted molar refractivity (Wildman–Crippen MR) is 127 cm³/mol. The van der Waals surface area contributed by atoms with Crippen LogP contribution in [0, 0.1) is 19.7 Å². The van der Waals surface area contributed by atoms with Crippen molar-refractivity contribution >= 4 is 18.1 Å². The van der Waals surface area contributed by atoms with Gasteiger partial charge in [0.15, 0.2) is 0 Å². The molecular weight excluding hydrogens is 405 g/mol. The number of aryl methyl sites for hydroxylation is 1. The Morgan fingerprint density at radius 1 is 1.03 bits per heavy atom. The highest BCUT2D eigenvalue weighted by Crippen LogP contribution is 2.27. The number of benzene rings is 3. The van der Waals surface area contributed by atoms with Gasteiger partial charge in [-0.3, -0.25) is 10.1 Å². The maximum atomic E-state index is 13.7. The Morgan fingerprint density at radius 2 is 1.75 bits per heavy atom. The summed E-state index contributed by atoms with van der Waals surface area (Å²) >= 11 is 0. The molecule has 166 valence electrons. The van der Waals surface area contributed by atoms with Gasteiger partial charge in [-0.1, -0.05) is 60.7 Å². The van der Waals surface area contributed by atoms with E-state index >= 15 is 0 Å². The van der Waals surface area contributed by atoms with E-state index in [1.54, 1.807) is 6.07 Å². The minimum atomic E-state index is -1.39. The van der Waals surface area contributed by atoms with E-state index in [9.17, 15) is 19.4 Å². The van der Waals surface area contributed by atoms with Gasteiger partial charge in [-0.15, -0.1) is 0 Å². The van der Waals surface area contributed by atoms with Gasteiger partial charge in [0.25, 0.3) is 0 Å². The number of aliphatic hydroxyl groups is 1. The number of rotatable bonds is 8. The van der Waals surface area contributed by atoms with Gasteiger partial charge in [-0.05, 0) is 71.8 Å². The first kappa shape index (κ1) is 23.4. The van der Waals surface area contributed by atoms with Gasteiger partial charge in [-0.25, -0.2) is 4.39 Å². The van der Waals surface area contributed by atoms with Crippen LogP contribution in [0.15, 0.2) is 60.7 Å². The SMILES string of the molecule is Cc1ccc(CNC(C)(CO)C(=O)O)cc1/C=C/c1cccc(-c2cccc(F)c2)c1C. The molecule has 0 heterocycles. The topological polar surface area (TPSA) is 69.6 Å². The first-order valence-corrected chi connectivity index (χ1v) is 10.5. The number of carboxylic acids is 1. The molecule has 3 rings (SSSR count). The first-order valence-electron chi connectivity index (χ1n) is 10.5. The van der Waals surface area contributed by atoms with Crippen LogP contribution < -0.4 is 5.32 Å². The van der Waals surface area contributed by atoms with Gasteiger partial charge in [0, 0.05) is 6.54 Å². The van der Waals surface area contributed by atoms with Gasteiger partial charge in [0.05, 0.1) is 6.61 Å². The second-order valence-electron chi connectivity index (χ2n) is 8.20. The van der Waals surface area contributed by atoms with Crippen molar-refractivity contribution in [3.05, 3.63) is 94.3 Å². The molecule has 0 aliphatic rings. The monoisotopic (exact) mass is 433 g/mol. The van der Waals surface area contributed by atoms with Crippen molar-refractivity contribution in [1.82, 2.24) is 5.32 Å². The van der Waals surface area contributed by atoms with E-state index in [-0.39, 0.29) is 5.82 Å². The zero-order chi connectivity index (χ0) is 23.3. The largest absolute Gasteiger partial charge is 0.480 e. The Kier molecular flexibility index (Phi) is 7.23. The van der Waals surface area contributed by atoms with Crippen molar-refractivity contribution < 1.29 is 19.4 Å². The van der Waals surface area contributed by atoms with Crippen molar-refractivity contribution in [2.24, 2.45) is 0 Å². The standard InChI is InChI=1S/C27H28FNO3/c1-18-10-11-20(16-29-27(3,17-30)26(31)32)14-22(18)13-12-21-6-5-9-25(19(21)2)23-7-4-8-24(28)15-23/h4-15,29-30H,16-17H2,1-3H3,(H,31,32)/b13-12+. The summed E-state index contributed by atoms with van der Waals surface area (Å²) in [6.07, 6.45) is 4.06. The molecule has 1 atom stereocenters. The Balaban J connectivity index is 1.85. The van der Waals surface area contributed by atoms with Gasteiger partial charge in [0.2, 0.25) is 0 Å². The Hall–Kier alpha value is -3.28. The quantitative estimate of drug-likeness (QED) is 0.427. The van der Waals surface area contributed by atoms with Crippen LogP contribution in [-0.4, -0.2) is 28.3 Å². The second-order valence-corrected chi connectivity index (χ2v) is 8.20. The summed E-state index contributed by atoms with van der Waals surface area (Å²) in [5.74, 6) is -1.36. The third kappa shape index (κ3) is 5.31. The van der Waals surface area contributed by atoms with Crippen LogP contribution in [0.25, 0.3) is 23.3 Å². The van der Waals surface area contributed by atoms with E-state index in [1.165, 1.54) is 19.1 Å². The van der Waals surface area contributed by atoms with Crippen LogP contribution in [0.3, 0.4) is 0 Å². The fourth-order valence-electron chi connectivity index (χ4n) is 3.46. The van der Waals surface area contributed by atoms with E-state index in [2.05, 4.69) is 5.32 Å². The molecule has 0 aliphatic carbocycles. The molecule has 1 unspecified atom stereocenters. The summed E-state index contributed by atoms with van der Waals surface area (Å²) in [5, 5.41) is 21.6. The summed E-state index contributed by atoms with van der Waals surface area (Å²) in [7, 11) is 0. The molecule has 3 N–H and O–H groups in total. The van der Waals surface area contributed by atoms with Crippen LogP contribution in [0.1, 0.15) is 34.7 Å². The number of nitrogens with one attached hydrogen (secondary N) is 1. The first-order chi connectivity index (χ1) is 15.2. The minimum Gasteiger partial charge on any atom is -0.480 e. The van der Waals surface area contributed by atoms with E-state index in [0.29, 0.717) is 6.54 Å². The number of hydrogen-bond donors (Lipinski definition) is 3. The number of hydrogen-bond acceptors (Lipinski definition) is 3. The smallest absolute Gasteiger partial charge is 0.326 e. The number of carbonyl (C=O) groups is 1. The fraction of sp³-hybridized carbons (Fsp3) is 0.222. The highest BCUT2D eigenvalue weighted by Gasteiger charge is 2.31. The van der Waals surface area contributed by atoms with Crippen LogP contribution in [0.2, 0.25) is 0 Å². The molecule has 0 radical (unpaired) electrons. The van der Waals surface area contributed by atoms with E-state index < -0.39 is 18.1 Å². The summed E-state index contributed by atoms with van der Waals surface area (Å²) in [4.78, 5) is 11.4. The van der Waals surface area contributed by atoms with Crippen molar-refractivity contribution in [1.29, 1.82) is 0 Å². The summed E-state index contributed by atoms with van der Waals surface area (Å²) < 4.78 is 13.7. The number of carboxylic acid groups (broad SMARTS) is 1. The van der Waals surface area contributed by atoms with Crippen molar-refractivity contribution in [2.75, 3.05) is 6.61 Å². The lowest BCUT2D eigenvalue weighted by Crippen LogP contribution is -2.52. The molecule has 0 aromatic heterocycles. The Morgan fingerprint density at radius 3 is 2.44 bits per heavy atom. The molecule has 0 bridgehead atoms. The molecule has 3 aromatic carbocycles. The molecule has 0 saturated heterocycles. The lowest BCUT2D eigenvalue weighted by molar-refractivity contribution is -0.145. The molecule has 3 aromatic rings. The van der Waals surface area contributed by atoms with Crippen LogP contribution in [0.5, 0.6) is 0 Å². The van der Waals surface area contributed by atoms with Gasteiger partial charge >= 0.3 is 5.97 Å². The summed E-state index contributed by atoms with van der Waals surface area (Å²) in [6, 6.07) is 18.5. The van der Waals surface area contributed by atoms with Crippen molar-refractivity contribution in [3.8, 4) is 11.1 Å².